The van der Waals surface area contributed by atoms with Crippen molar-refractivity contribution in [1.29, 1.82) is 0 Å². The third kappa shape index (κ3) is 4.06. The minimum atomic E-state index is -0.271. The number of carbonyl (C=O) groups excluding carboxylic acids is 1. The number of hydrogen-bond donors (Lipinski definition) is 2. The van der Waals surface area contributed by atoms with Gasteiger partial charge in [0.1, 0.15) is 11.5 Å². The molecule has 5 heteroatoms. The average Bonchev–Trinajstić information content (AvgIpc) is 2.58. The molecule has 0 bridgehead atoms. The van der Waals surface area contributed by atoms with Crippen molar-refractivity contribution in [2.45, 2.75) is 27.7 Å². The number of nitrogens with one attached hydrogen (secondary N) is 2. The third-order valence-corrected chi connectivity index (χ3v) is 4.10. The van der Waals surface area contributed by atoms with E-state index in [0.29, 0.717) is 5.82 Å². The molecule has 1 amide bonds. The summed E-state index contributed by atoms with van der Waals surface area (Å²) in [6.45, 7) is 8.02. The van der Waals surface area contributed by atoms with Gasteiger partial charge in [0.05, 0.1) is 12.4 Å². The van der Waals surface area contributed by atoms with Gasteiger partial charge in [0, 0.05) is 11.4 Å². The van der Waals surface area contributed by atoms with E-state index < -0.39 is 0 Å². The van der Waals surface area contributed by atoms with E-state index in [1.165, 1.54) is 17.3 Å². The van der Waals surface area contributed by atoms with Crippen LogP contribution in [0.2, 0.25) is 0 Å². The first kappa shape index (κ1) is 17.6. The van der Waals surface area contributed by atoms with Gasteiger partial charge in [0.25, 0.3) is 5.91 Å². The first-order valence-electron chi connectivity index (χ1n) is 8.47. The Balaban J connectivity index is 1.73. The Morgan fingerprint density at radius 3 is 2.12 bits per heavy atom. The van der Waals surface area contributed by atoms with Gasteiger partial charge in [-0.15, -0.1) is 0 Å². The second kappa shape index (κ2) is 7.35. The number of anilines is 3. The topological polar surface area (TPSA) is 66.9 Å². The molecule has 3 aromatic rings. The van der Waals surface area contributed by atoms with Crippen LogP contribution in [-0.2, 0) is 0 Å². The molecule has 132 valence electrons. The highest BCUT2D eigenvalue weighted by Crippen LogP contribution is 2.21. The first-order chi connectivity index (χ1) is 12.4. The molecule has 0 spiro atoms. The fourth-order valence-electron chi connectivity index (χ4n) is 2.89. The SMILES string of the molecule is Cc1cc(C)cc(Nc2cnc(C(=O)Nc3c(C)cccc3C)cn2)c1. The van der Waals surface area contributed by atoms with E-state index in [2.05, 4.69) is 26.7 Å². The largest absolute Gasteiger partial charge is 0.339 e. The lowest BCUT2D eigenvalue weighted by atomic mass is 10.1. The number of aryl methyl sites for hydroxylation is 4. The van der Waals surface area contributed by atoms with E-state index in [4.69, 9.17) is 0 Å². The minimum absolute atomic E-state index is 0.271. The van der Waals surface area contributed by atoms with Gasteiger partial charge in [-0.3, -0.25) is 4.79 Å². The highest BCUT2D eigenvalue weighted by Gasteiger charge is 2.11. The first-order valence-corrected chi connectivity index (χ1v) is 8.47. The zero-order chi connectivity index (χ0) is 18.7. The van der Waals surface area contributed by atoms with Crippen LogP contribution in [0.4, 0.5) is 17.2 Å². The van der Waals surface area contributed by atoms with E-state index in [1.54, 1.807) is 6.20 Å². The lowest BCUT2D eigenvalue weighted by Gasteiger charge is -2.11. The number of para-hydroxylation sites is 1. The molecule has 0 saturated heterocycles. The van der Waals surface area contributed by atoms with E-state index in [9.17, 15) is 4.79 Å². The third-order valence-electron chi connectivity index (χ3n) is 4.10. The molecule has 0 aliphatic rings. The summed E-state index contributed by atoms with van der Waals surface area (Å²) in [4.78, 5) is 21.0. The molecule has 0 unspecified atom stereocenters. The predicted molar refractivity (Wildman–Crippen MR) is 105 cm³/mol. The van der Waals surface area contributed by atoms with Crippen LogP contribution in [0, 0.1) is 27.7 Å². The fraction of sp³-hybridized carbons (Fsp3) is 0.190. The Kier molecular flexibility index (Phi) is 4.98. The zero-order valence-corrected chi connectivity index (χ0v) is 15.4. The van der Waals surface area contributed by atoms with Crippen LogP contribution in [0.1, 0.15) is 32.7 Å². The molecule has 5 nitrogen and oxygen atoms in total. The van der Waals surface area contributed by atoms with Crippen LogP contribution in [0.25, 0.3) is 0 Å². The highest BCUT2D eigenvalue weighted by molar-refractivity contribution is 6.03. The van der Waals surface area contributed by atoms with Crippen molar-refractivity contribution in [1.82, 2.24) is 9.97 Å². The lowest BCUT2D eigenvalue weighted by Crippen LogP contribution is -2.15. The van der Waals surface area contributed by atoms with Crippen LogP contribution in [0.3, 0.4) is 0 Å². The maximum atomic E-state index is 12.4. The van der Waals surface area contributed by atoms with Crippen LogP contribution in [0.5, 0.6) is 0 Å². The number of amides is 1. The second-order valence-electron chi connectivity index (χ2n) is 6.51. The summed E-state index contributed by atoms with van der Waals surface area (Å²) in [6.07, 6.45) is 3.05. The Labute approximate surface area is 153 Å². The van der Waals surface area contributed by atoms with Crippen molar-refractivity contribution in [2.24, 2.45) is 0 Å². The quantitative estimate of drug-likeness (QED) is 0.718. The van der Waals surface area contributed by atoms with Crippen molar-refractivity contribution in [3.05, 3.63) is 76.7 Å². The number of carbonyl (C=O) groups is 1. The van der Waals surface area contributed by atoms with E-state index in [1.807, 2.05) is 58.0 Å². The Bertz CT molecular complexity index is 908. The number of rotatable bonds is 4. The van der Waals surface area contributed by atoms with Crippen LogP contribution in [0.15, 0.2) is 48.8 Å². The monoisotopic (exact) mass is 346 g/mol. The summed E-state index contributed by atoms with van der Waals surface area (Å²) >= 11 is 0. The molecule has 0 atom stereocenters. The molecule has 1 heterocycles. The molecule has 3 rings (SSSR count). The molecule has 0 aliphatic carbocycles. The minimum Gasteiger partial charge on any atom is -0.339 e. The Hall–Kier alpha value is -3.21. The molecule has 0 fully saturated rings. The Morgan fingerprint density at radius 2 is 1.54 bits per heavy atom. The van der Waals surface area contributed by atoms with Crippen LogP contribution < -0.4 is 10.6 Å². The molecule has 1 aromatic heterocycles. The molecule has 26 heavy (non-hydrogen) atoms. The zero-order valence-electron chi connectivity index (χ0n) is 15.4. The Morgan fingerprint density at radius 1 is 0.885 bits per heavy atom. The molecule has 0 aliphatic heterocycles. The number of hydrogen-bond acceptors (Lipinski definition) is 4. The van der Waals surface area contributed by atoms with Crippen molar-refractivity contribution >= 4 is 23.1 Å². The van der Waals surface area contributed by atoms with Gasteiger partial charge in [0.15, 0.2) is 0 Å². The van der Waals surface area contributed by atoms with Gasteiger partial charge >= 0.3 is 0 Å². The van der Waals surface area contributed by atoms with Crippen molar-refractivity contribution in [2.75, 3.05) is 10.6 Å². The number of aromatic nitrogens is 2. The smallest absolute Gasteiger partial charge is 0.275 e. The molecular weight excluding hydrogens is 324 g/mol. The van der Waals surface area contributed by atoms with E-state index >= 15 is 0 Å². The summed E-state index contributed by atoms with van der Waals surface area (Å²) in [5.74, 6) is 0.325. The van der Waals surface area contributed by atoms with Gasteiger partial charge in [-0.05, 0) is 62.1 Å². The van der Waals surface area contributed by atoms with Gasteiger partial charge in [-0.25, -0.2) is 9.97 Å². The average molecular weight is 346 g/mol. The lowest BCUT2D eigenvalue weighted by molar-refractivity contribution is 0.102. The van der Waals surface area contributed by atoms with Gasteiger partial charge in [-0.1, -0.05) is 24.3 Å². The standard InChI is InChI=1S/C21H22N4O/c1-13-8-14(2)10-17(9-13)24-19-12-22-18(11-23-19)21(26)25-20-15(3)6-5-7-16(20)4/h5-12H,1-4H3,(H,23,24)(H,25,26). The van der Waals surface area contributed by atoms with Crippen molar-refractivity contribution in [3.63, 3.8) is 0 Å². The summed E-state index contributed by atoms with van der Waals surface area (Å²) in [6, 6.07) is 12.1. The molecule has 0 saturated carbocycles. The van der Waals surface area contributed by atoms with Gasteiger partial charge < -0.3 is 10.6 Å². The summed E-state index contributed by atoms with van der Waals surface area (Å²) in [5.41, 5.74) is 6.41. The summed E-state index contributed by atoms with van der Waals surface area (Å²) in [7, 11) is 0. The number of benzene rings is 2. The molecule has 2 aromatic carbocycles. The van der Waals surface area contributed by atoms with Gasteiger partial charge in [0.2, 0.25) is 0 Å². The van der Waals surface area contributed by atoms with Crippen molar-refractivity contribution in [3.8, 4) is 0 Å². The van der Waals surface area contributed by atoms with Crippen LogP contribution >= 0.6 is 0 Å². The molecule has 2 N–H and O–H groups in total. The fourth-order valence-corrected chi connectivity index (χ4v) is 2.89. The predicted octanol–water partition coefficient (Wildman–Crippen LogP) is 4.71. The highest BCUT2D eigenvalue weighted by atomic mass is 16.1. The van der Waals surface area contributed by atoms with Crippen LogP contribution in [-0.4, -0.2) is 15.9 Å². The van der Waals surface area contributed by atoms with Gasteiger partial charge in [-0.2, -0.15) is 0 Å². The molecular formula is C21H22N4O. The summed E-state index contributed by atoms with van der Waals surface area (Å²) in [5, 5.41) is 6.13. The normalized spacial score (nSPS) is 10.5. The number of nitrogens with zero attached hydrogens (tertiary/aromatic N) is 2. The molecule has 0 radical (unpaired) electrons. The summed E-state index contributed by atoms with van der Waals surface area (Å²) < 4.78 is 0. The van der Waals surface area contributed by atoms with E-state index in [-0.39, 0.29) is 11.6 Å². The van der Waals surface area contributed by atoms with Crippen molar-refractivity contribution < 1.29 is 4.79 Å². The van der Waals surface area contributed by atoms with E-state index in [0.717, 1.165) is 22.5 Å². The maximum absolute atomic E-state index is 12.4. The maximum Gasteiger partial charge on any atom is 0.275 e. The second-order valence-corrected chi connectivity index (χ2v) is 6.51.